The van der Waals surface area contributed by atoms with Crippen molar-refractivity contribution in [2.75, 3.05) is 10.0 Å². The number of halogens is 1. The van der Waals surface area contributed by atoms with Crippen LogP contribution >= 0.6 is 11.6 Å². The molecule has 37 heavy (non-hydrogen) atoms. The molecule has 0 radical (unpaired) electrons. The first kappa shape index (κ1) is 25.9. The molecule has 4 aromatic rings. The van der Waals surface area contributed by atoms with E-state index in [1.54, 1.807) is 73.9 Å². The number of amides is 2. The SMILES string of the molecule is Cc1ccccc1NS(=O)(=O)c1cc(C(=O)Nc2ccccc2C(=O)NCc2cccnc2)ccc1Cl. The number of pyridine rings is 1. The number of carbonyl (C=O) groups is 2. The number of sulfonamides is 1. The van der Waals surface area contributed by atoms with Crippen LogP contribution in [0.25, 0.3) is 0 Å². The summed E-state index contributed by atoms with van der Waals surface area (Å²) in [6.07, 6.45) is 3.29. The van der Waals surface area contributed by atoms with Crippen LogP contribution in [0.5, 0.6) is 0 Å². The summed E-state index contributed by atoms with van der Waals surface area (Å²) in [4.78, 5) is 29.6. The minimum Gasteiger partial charge on any atom is -0.348 e. The molecule has 0 aliphatic carbocycles. The van der Waals surface area contributed by atoms with E-state index >= 15 is 0 Å². The van der Waals surface area contributed by atoms with E-state index < -0.39 is 15.9 Å². The molecule has 10 heteroatoms. The zero-order valence-corrected chi connectivity index (χ0v) is 21.3. The van der Waals surface area contributed by atoms with Crippen LogP contribution in [0.3, 0.4) is 0 Å². The Morgan fingerprint density at radius 1 is 0.892 bits per heavy atom. The lowest BCUT2D eigenvalue weighted by Gasteiger charge is -2.14. The first-order valence-electron chi connectivity index (χ1n) is 11.2. The summed E-state index contributed by atoms with van der Waals surface area (Å²) in [5.41, 5.74) is 2.54. The Bertz CT molecular complexity index is 1560. The van der Waals surface area contributed by atoms with Crippen molar-refractivity contribution in [1.29, 1.82) is 0 Å². The number of nitrogens with one attached hydrogen (secondary N) is 3. The number of nitrogens with zero attached hydrogens (tertiary/aromatic N) is 1. The Labute approximate surface area is 219 Å². The second-order valence-corrected chi connectivity index (χ2v) is 10.2. The Kier molecular flexibility index (Phi) is 7.86. The zero-order chi connectivity index (χ0) is 26.4. The smallest absolute Gasteiger partial charge is 0.263 e. The number of benzene rings is 3. The zero-order valence-electron chi connectivity index (χ0n) is 19.7. The standard InChI is InChI=1S/C27H23ClN4O4S/c1-18-7-2-4-10-23(18)32-37(35,36)25-15-20(12-13-22(25)28)26(33)31-24-11-5-3-9-21(24)27(34)30-17-19-8-6-14-29-16-19/h2-16,32H,17H2,1H3,(H,30,34)(H,31,33). The third-order valence-electron chi connectivity index (χ3n) is 5.47. The Morgan fingerprint density at radius 3 is 2.35 bits per heavy atom. The number of rotatable bonds is 8. The first-order chi connectivity index (χ1) is 17.7. The van der Waals surface area contributed by atoms with Gasteiger partial charge in [0, 0.05) is 24.5 Å². The fourth-order valence-electron chi connectivity index (χ4n) is 3.50. The predicted octanol–water partition coefficient (Wildman–Crippen LogP) is 5.03. The average molecular weight is 535 g/mol. The van der Waals surface area contributed by atoms with Crippen LogP contribution in [0, 0.1) is 6.92 Å². The summed E-state index contributed by atoms with van der Waals surface area (Å²) in [5.74, 6) is -0.988. The van der Waals surface area contributed by atoms with Gasteiger partial charge < -0.3 is 10.6 Å². The minimum atomic E-state index is -4.08. The maximum absolute atomic E-state index is 13.1. The molecule has 0 aliphatic rings. The van der Waals surface area contributed by atoms with Gasteiger partial charge in [0.05, 0.1) is 22.0 Å². The first-order valence-corrected chi connectivity index (χ1v) is 13.1. The monoisotopic (exact) mass is 534 g/mol. The van der Waals surface area contributed by atoms with Crippen molar-refractivity contribution in [3.8, 4) is 0 Å². The number of carbonyl (C=O) groups excluding carboxylic acids is 2. The van der Waals surface area contributed by atoms with Crippen LogP contribution in [0.1, 0.15) is 31.8 Å². The molecule has 0 fully saturated rings. The summed E-state index contributed by atoms with van der Waals surface area (Å²) in [6.45, 7) is 2.04. The van der Waals surface area contributed by atoms with E-state index in [9.17, 15) is 18.0 Å². The fourth-order valence-corrected chi connectivity index (χ4v) is 5.16. The molecule has 4 rings (SSSR count). The Balaban J connectivity index is 1.54. The highest BCUT2D eigenvalue weighted by molar-refractivity contribution is 7.92. The largest absolute Gasteiger partial charge is 0.348 e. The molecule has 0 bridgehead atoms. The molecule has 1 heterocycles. The van der Waals surface area contributed by atoms with Crippen molar-refractivity contribution in [2.45, 2.75) is 18.4 Å². The predicted molar refractivity (Wildman–Crippen MR) is 143 cm³/mol. The normalized spacial score (nSPS) is 11.0. The molecule has 3 N–H and O–H groups in total. The summed E-state index contributed by atoms with van der Waals surface area (Å²) < 4.78 is 28.6. The van der Waals surface area contributed by atoms with Gasteiger partial charge in [0.15, 0.2) is 0 Å². The summed E-state index contributed by atoms with van der Waals surface area (Å²) in [5, 5.41) is 5.46. The minimum absolute atomic E-state index is 0.0344. The van der Waals surface area contributed by atoms with Crippen LogP contribution in [-0.2, 0) is 16.6 Å². The van der Waals surface area contributed by atoms with Gasteiger partial charge in [-0.25, -0.2) is 8.42 Å². The summed E-state index contributed by atoms with van der Waals surface area (Å²) >= 11 is 6.20. The van der Waals surface area contributed by atoms with Crippen LogP contribution in [0.2, 0.25) is 5.02 Å². The van der Waals surface area contributed by atoms with Gasteiger partial charge in [-0.3, -0.25) is 19.3 Å². The van der Waals surface area contributed by atoms with E-state index in [2.05, 4.69) is 20.3 Å². The van der Waals surface area contributed by atoms with Gasteiger partial charge >= 0.3 is 0 Å². The molecule has 1 aromatic heterocycles. The quantitative estimate of drug-likeness (QED) is 0.293. The number of anilines is 2. The van der Waals surface area contributed by atoms with Crippen molar-refractivity contribution in [3.63, 3.8) is 0 Å². The molecule has 0 unspecified atom stereocenters. The Hall–Kier alpha value is -4.21. The lowest BCUT2D eigenvalue weighted by molar-refractivity contribution is 0.0951. The van der Waals surface area contributed by atoms with Crippen molar-refractivity contribution in [2.24, 2.45) is 0 Å². The molecule has 0 saturated heterocycles. The molecule has 0 saturated carbocycles. The highest BCUT2D eigenvalue weighted by atomic mass is 35.5. The van der Waals surface area contributed by atoms with E-state index in [1.807, 2.05) is 6.07 Å². The molecule has 2 amide bonds. The number of aryl methyl sites for hydroxylation is 1. The highest BCUT2D eigenvalue weighted by Crippen LogP contribution is 2.27. The van der Waals surface area contributed by atoms with Gasteiger partial charge in [0.25, 0.3) is 21.8 Å². The van der Waals surface area contributed by atoms with Crippen LogP contribution in [-0.4, -0.2) is 25.2 Å². The highest BCUT2D eigenvalue weighted by Gasteiger charge is 2.22. The third-order valence-corrected chi connectivity index (χ3v) is 7.32. The third kappa shape index (κ3) is 6.32. The number of aromatic nitrogens is 1. The summed E-state index contributed by atoms with van der Waals surface area (Å²) in [6, 6.07) is 21.0. The summed E-state index contributed by atoms with van der Waals surface area (Å²) in [7, 11) is -4.08. The number of hydrogen-bond donors (Lipinski definition) is 3. The van der Waals surface area contributed by atoms with E-state index in [4.69, 9.17) is 11.6 Å². The van der Waals surface area contributed by atoms with Gasteiger partial charge in [0.2, 0.25) is 0 Å². The molecule has 0 spiro atoms. The van der Waals surface area contributed by atoms with Gasteiger partial charge in [-0.2, -0.15) is 0 Å². The van der Waals surface area contributed by atoms with Crippen LogP contribution in [0.15, 0.2) is 96.2 Å². The molecular weight excluding hydrogens is 512 g/mol. The second-order valence-electron chi connectivity index (χ2n) is 8.11. The van der Waals surface area contributed by atoms with Gasteiger partial charge in [-0.15, -0.1) is 0 Å². The van der Waals surface area contributed by atoms with Crippen molar-refractivity contribution in [1.82, 2.24) is 10.3 Å². The van der Waals surface area contributed by atoms with Gasteiger partial charge in [0.1, 0.15) is 4.90 Å². The maximum Gasteiger partial charge on any atom is 0.263 e. The fraction of sp³-hybridized carbons (Fsp3) is 0.0741. The number of hydrogen-bond acceptors (Lipinski definition) is 5. The molecular formula is C27H23ClN4O4S. The maximum atomic E-state index is 13.1. The molecule has 188 valence electrons. The topological polar surface area (TPSA) is 117 Å². The number of para-hydroxylation sites is 2. The average Bonchev–Trinajstić information content (AvgIpc) is 2.89. The van der Waals surface area contributed by atoms with E-state index in [-0.39, 0.29) is 39.2 Å². The van der Waals surface area contributed by atoms with E-state index in [1.165, 1.54) is 18.2 Å². The second kappa shape index (κ2) is 11.2. The van der Waals surface area contributed by atoms with Crippen molar-refractivity contribution >= 4 is 44.8 Å². The van der Waals surface area contributed by atoms with Gasteiger partial charge in [-0.05, 0) is 60.5 Å². The van der Waals surface area contributed by atoms with E-state index in [0.717, 1.165) is 11.1 Å². The van der Waals surface area contributed by atoms with Crippen molar-refractivity contribution < 1.29 is 18.0 Å². The van der Waals surface area contributed by atoms with Gasteiger partial charge in [-0.1, -0.05) is 48.0 Å². The van der Waals surface area contributed by atoms with Crippen LogP contribution < -0.4 is 15.4 Å². The van der Waals surface area contributed by atoms with Crippen LogP contribution in [0.4, 0.5) is 11.4 Å². The molecule has 8 nitrogen and oxygen atoms in total. The molecule has 3 aromatic carbocycles. The Morgan fingerprint density at radius 2 is 1.62 bits per heavy atom. The lowest BCUT2D eigenvalue weighted by Crippen LogP contribution is -2.25. The molecule has 0 atom stereocenters. The van der Waals surface area contributed by atoms with E-state index in [0.29, 0.717) is 5.69 Å². The van der Waals surface area contributed by atoms with Crippen molar-refractivity contribution in [3.05, 3.63) is 119 Å². The lowest BCUT2D eigenvalue weighted by atomic mass is 10.1. The molecule has 0 aliphatic heterocycles.